The van der Waals surface area contributed by atoms with E-state index in [0.29, 0.717) is 29.7 Å². The van der Waals surface area contributed by atoms with E-state index in [2.05, 4.69) is 20.4 Å². The van der Waals surface area contributed by atoms with Crippen molar-refractivity contribution in [2.75, 3.05) is 5.32 Å². The van der Waals surface area contributed by atoms with Gasteiger partial charge in [-0.1, -0.05) is 59.8 Å². The van der Waals surface area contributed by atoms with Crippen molar-refractivity contribution in [3.05, 3.63) is 58.5 Å². The Morgan fingerprint density at radius 2 is 2.00 bits per heavy atom. The Hall–Kier alpha value is -2.84. The molecule has 0 saturated heterocycles. The van der Waals surface area contributed by atoms with Crippen molar-refractivity contribution in [2.24, 2.45) is 0 Å². The molecule has 4 aromatic rings. The molecule has 136 valence electrons. The van der Waals surface area contributed by atoms with E-state index in [-0.39, 0.29) is 5.91 Å². The molecule has 0 spiro atoms. The molecule has 6 nitrogen and oxygen atoms in total. The number of carbonyl (C=O) groups excluding carboxylic acids is 1. The molecular formula is C19H16N4O2S2. The molecule has 3 heterocycles. The van der Waals surface area contributed by atoms with E-state index < -0.39 is 0 Å². The van der Waals surface area contributed by atoms with Gasteiger partial charge in [-0.05, 0) is 11.4 Å². The molecule has 0 aliphatic rings. The van der Waals surface area contributed by atoms with Gasteiger partial charge >= 0.3 is 0 Å². The highest BCUT2D eigenvalue weighted by Gasteiger charge is 2.21. The fraction of sp³-hybridized carbons (Fsp3) is 0.158. The third-order valence-electron chi connectivity index (χ3n) is 3.81. The molecule has 0 bridgehead atoms. The van der Waals surface area contributed by atoms with E-state index in [1.54, 1.807) is 11.3 Å². The number of aromatic nitrogens is 3. The normalized spacial score (nSPS) is 10.9. The number of hydrogen-bond acceptors (Lipinski definition) is 7. The third-order valence-corrected chi connectivity index (χ3v) is 5.65. The topological polar surface area (TPSA) is 80.9 Å². The average molecular weight is 396 g/mol. The summed E-state index contributed by atoms with van der Waals surface area (Å²) in [6.45, 7) is 1.97. The standard InChI is InChI=1S/C19H16N4O2S2/c1-2-14-20-18(25-23-14)17-16(12-7-4-3-5-8-12)22-19(27-17)21-15(24)11-13-9-6-10-26-13/h3-10H,2,11H2,1H3,(H,21,22,24). The lowest BCUT2D eigenvalue weighted by molar-refractivity contribution is -0.115. The maximum Gasteiger partial charge on any atom is 0.270 e. The fourth-order valence-electron chi connectivity index (χ4n) is 2.53. The fourth-order valence-corrected chi connectivity index (χ4v) is 4.16. The van der Waals surface area contributed by atoms with Crippen LogP contribution in [0.2, 0.25) is 0 Å². The zero-order chi connectivity index (χ0) is 18.6. The number of thiazole rings is 1. The van der Waals surface area contributed by atoms with Gasteiger partial charge in [0.2, 0.25) is 5.91 Å². The largest absolute Gasteiger partial charge is 0.333 e. The number of hydrogen-bond donors (Lipinski definition) is 1. The van der Waals surface area contributed by atoms with Crippen molar-refractivity contribution >= 4 is 33.7 Å². The molecule has 0 aliphatic carbocycles. The second-order valence-electron chi connectivity index (χ2n) is 5.74. The third kappa shape index (κ3) is 3.96. The van der Waals surface area contributed by atoms with Crippen molar-refractivity contribution in [1.82, 2.24) is 15.1 Å². The van der Waals surface area contributed by atoms with E-state index in [0.717, 1.165) is 21.0 Å². The molecule has 0 aliphatic heterocycles. The molecule has 27 heavy (non-hydrogen) atoms. The number of carbonyl (C=O) groups is 1. The van der Waals surface area contributed by atoms with Crippen LogP contribution in [0.4, 0.5) is 5.13 Å². The van der Waals surface area contributed by atoms with Crippen LogP contribution in [-0.4, -0.2) is 21.0 Å². The summed E-state index contributed by atoms with van der Waals surface area (Å²) in [5.74, 6) is 0.958. The minimum Gasteiger partial charge on any atom is -0.333 e. The smallest absolute Gasteiger partial charge is 0.270 e. The summed E-state index contributed by atoms with van der Waals surface area (Å²) in [7, 11) is 0. The summed E-state index contributed by atoms with van der Waals surface area (Å²) in [6.07, 6.45) is 1.02. The Bertz CT molecular complexity index is 1040. The van der Waals surface area contributed by atoms with Crippen LogP contribution in [0.3, 0.4) is 0 Å². The molecule has 0 radical (unpaired) electrons. The van der Waals surface area contributed by atoms with Crippen LogP contribution >= 0.6 is 22.7 Å². The quantitative estimate of drug-likeness (QED) is 0.512. The Morgan fingerprint density at radius 3 is 2.70 bits per heavy atom. The highest BCUT2D eigenvalue weighted by Crippen LogP contribution is 2.38. The Balaban J connectivity index is 1.66. The van der Waals surface area contributed by atoms with Crippen LogP contribution < -0.4 is 5.32 Å². The second kappa shape index (κ2) is 7.81. The van der Waals surface area contributed by atoms with Gasteiger partial charge in [0.1, 0.15) is 4.88 Å². The number of benzene rings is 1. The monoisotopic (exact) mass is 396 g/mol. The highest BCUT2D eigenvalue weighted by molar-refractivity contribution is 7.19. The molecule has 0 fully saturated rings. The molecule has 0 unspecified atom stereocenters. The van der Waals surface area contributed by atoms with Gasteiger partial charge in [0, 0.05) is 16.9 Å². The Morgan fingerprint density at radius 1 is 1.15 bits per heavy atom. The van der Waals surface area contributed by atoms with Gasteiger partial charge in [-0.15, -0.1) is 11.3 Å². The maximum absolute atomic E-state index is 12.3. The van der Waals surface area contributed by atoms with Crippen molar-refractivity contribution in [3.8, 4) is 22.0 Å². The molecule has 0 saturated carbocycles. The van der Waals surface area contributed by atoms with Gasteiger partial charge in [-0.3, -0.25) is 4.79 Å². The number of aryl methyl sites for hydroxylation is 1. The summed E-state index contributed by atoms with van der Waals surface area (Å²) < 4.78 is 5.41. The lowest BCUT2D eigenvalue weighted by Crippen LogP contribution is -2.13. The zero-order valence-electron chi connectivity index (χ0n) is 14.5. The molecule has 4 rings (SSSR count). The zero-order valence-corrected chi connectivity index (χ0v) is 16.1. The molecule has 1 aromatic carbocycles. The van der Waals surface area contributed by atoms with E-state index >= 15 is 0 Å². The number of nitrogens with zero attached hydrogens (tertiary/aromatic N) is 3. The molecule has 8 heteroatoms. The number of anilines is 1. The van der Waals surface area contributed by atoms with Gasteiger partial charge < -0.3 is 9.84 Å². The number of rotatable bonds is 6. The SMILES string of the molecule is CCc1noc(-c2sc(NC(=O)Cc3cccs3)nc2-c2ccccc2)n1. The van der Waals surface area contributed by atoms with Gasteiger partial charge in [-0.2, -0.15) is 4.98 Å². The van der Waals surface area contributed by atoms with E-state index in [1.165, 1.54) is 11.3 Å². The van der Waals surface area contributed by atoms with Crippen LogP contribution in [0.25, 0.3) is 22.0 Å². The van der Waals surface area contributed by atoms with Gasteiger partial charge in [0.15, 0.2) is 11.0 Å². The Labute approximate surface area is 163 Å². The van der Waals surface area contributed by atoms with E-state index in [9.17, 15) is 4.79 Å². The van der Waals surface area contributed by atoms with Crippen LogP contribution in [0.5, 0.6) is 0 Å². The van der Waals surface area contributed by atoms with Crippen molar-refractivity contribution in [2.45, 2.75) is 19.8 Å². The summed E-state index contributed by atoms with van der Waals surface area (Å²) in [5, 5.41) is 9.33. The van der Waals surface area contributed by atoms with E-state index in [1.807, 2.05) is 54.8 Å². The van der Waals surface area contributed by atoms with Crippen molar-refractivity contribution in [1.29, 1.82) is 0 Å². The lowest BCUT2D eigenvalue weighted by atomic mass is 10.1. The predicted octanol–water partition coefficient (Wildman–Crippen LogP) is 4.67. The molecule has 1 N–H and O–H groups in total. The van der Waals surface area contributed by atoms with Crippen molar-refractivity contribution in [3.63, 3.8) is 0 Å². The van der Waals surface area contributed by atoms with Crippen LogP contribution in [0.15, 0.2) is 52.4 Å². The first-order chi connectivity index (χ1) is 13.2. The minimum absolute atomic E-state index is 0.0999. The Kier molecular flexibility index (Phi) is 5.08. The molecule has 0 atom stereocenters. The predicted molar refractivity (Wildman–Crippen MR) is 107 cm³/mol. The number of thiophene rings is 1. The van der Waals surface area contributed by atoms with Crippen LogP contribution in [0, 0.1) is 0 Å². The van der Waals surface area contributed by atoms with Crippen LogP contribution in [-0.2, 0) is 17.6 Å². The number of amides is 1. The van der Waals surface area contributed by atoms with Gasteiger partial charge in [-0.25, -0.2) is 4.98 Å². The first-order valence-corrected chi connectivity index (χ1v) is 10.1. The van der Waals surface area contributed by atoms with Gasteiger partial charge in [0.05, 0.1) is 12.1 Å². The van der Waals surface area contributed by atoms with Crippen molar-refractivity contribution < 1.29 is 9.32 Å². The molecule has 3 aromatic heterocycles. The first-order valence-electron chi connectivity index (χ1n) is 8.44. The summed E-state index contributed by atoms with van der Waals surface area (Å²) in [5.41, 5.74) is 1.65. The second-order valence-corrected chi connectivity index (χ2v) is 7.77. The number of nitrogens with one attached hydrogen (secondary N) is 1. The minimum atomic E-state index is -0.0999. The lowest BCUT2D eigenvalue weighted by Gasteiger charge is -1.99. The van der Waals surface area contributed by atoms with Crippen LogP contribution in [0.1, 0.15) is 17.6 Å². The van der Waals surface area contributed by atoms with E-state index in [4.69, 9.17) is 4.52 Å². The molecular weight excluding hydrogens is 380 g/mol. The maximum atomic E-state index is 12.3. The summed E-state index contributed by atoms with van der Waals surface area (Å²) >= 11 is 2.89. The highest BCUT2D eigenvalue weighted by atomic mass is 32.1. The van der Waals surface area contributed by atoms with Gasteiger partial charge in [0.25, 0.3) is 5.89 Å². The molecule has 1 amide bonds. The average Bonchev–Trinajstić information content (AvgIpc) is 3.42. The first kappa shape index (κ1) is 17.6. The summed E-state index contributed by atoms with van der Waals surface area (Å²) in [4.78, 5) is 23.1. The summed E-state index contributed by atoms with van der Waals surface area (Å²) in [6, 6.07) is 13.6.